The van der Waals surface area contributed by atoms with Crippen LogP contribution in [0.1, 0.15) is 49.7 Å². The highest BCUT2D eigenvalue weighted by Crippen LogP contribution is 2.33. The number of aldehydes is 1. The fourth-order valence-corrected chi connectivity index (χ4v) is 4.95. The number of hydrogen-bond donors (Lipinski definition) is 1. The van der Waals surface area contributed by atoms with Gasteiger partial charge in [-0.15, -0.1) is 0 Å². The van der Waals surface area contributed by atoms with Crippen LogP contribution < -0.4 is 4.72 Å². The van der Waals surface area contributed by atoms with Crippen molar-refractivity contribution in [3.8, 4) is 0 Å². The number of amides is 1. The Hall–Kier alpha value is -3.19. The maximum absolute atomic E-state index is 12.9. The van der Waals surface area contributed by atoms with Crippen LogP contribution in [-0.2, 0) is 19.6 Å². The molecule has 2 aromatic carbocycles. The highest BCUT2D eigenvalue weighted by Gasteiger charge is 2.25. The number of nitrogens with zero attached hydrogens (tertiary/aromatic N) is 1. The molecule has 1 aliphatic heterocycles. The fraction of sp³-hybridized carbons (Fsp3) is 0.308. The van der Waals surface area contributed by atoms with E-state index in [1.54, 1.807) is 53.6 Å². The molecular formula is C26H30N2O4S. The SMILES string of the molecule is CC/C(=C\C=O)CCCN1C=C[C@@H](c2ccccc2NS(=O)(=O)c2ccc(C)cc2)CC1=O. The summed E-state index contributed by atoms with van der Waals surface area (Å²) in [5.74, 6) is -0.220. The molecule has 1 atom stereocenters. The lowest BCUT2D eigenvalue weighted by atomic mass is 9.91. The van der Waals surface area contributed by atoms with E-state index in [-0.39, 0.29) is 23.1 Å². The monoisotopic (exact) mass is 466 g/mol. The Morgan fingerprint density at radius 3 is 2.55 bits per heavy atom. The average Bonchev–Trinajstić information content (AvgIpc) is 2.80. The first kappa shape index (κ1) is 24.5. The second kappa shape index (κ2) is 11.1. The van der Waals surface area contributed by atoms with Gasteiger partial charge in [-0.2, -0.15) is 0 Å². The molecule has 0 unspecified atom stereocenters. The zero-order valence-electron chi connectivity index (χ0n) is 19.0. The van der Waals surface area contributed by atoms with E-state index in [0.29, 0.717) is 12.2 Å². The topological polar surface area (TPSA) is 83.6 Å². The maximum atomic E-state index is 12.9. The summed E-state index contributed by atoms with van der Waals surface area (Å²) in [6.45, 7) is 4.50. The second-order valence-electron chi connectivity index (χ2n) is 8.16. The number of hydrogen-bond acceptors (Lipinski definition) is 4. The Morgan fingerprint density at radius 1 is 1.15 bits per heavy atom. The van der Waals surface area contributed by atoms with E-state index >= 15 is 0 Å². The van der Waals surface area contributed by atoms with E-state index in [1.165, 1.54) is 0 Å². The van der Waals surface area contributed by atoms with Gasteiger partial charge in [-0.25, -0.2) is 8.42 Å². The number of carbonyl (C=O) groups is 2. The lowest BCUT2D eigenvalue weighted by Crippen LogP contribution is -2.31. The van der Waals surface area contributed by atoms with Gasteiger partial charge in [0.15, 0.2) is 0 Å². The van der Waals surface area contributed by atoms with Crippen LogP contribution in [0.2, 0.25) is 0 Å². The van der Waals surface area contributed by atoms with Gasteiger partial charge in [0.05, 0.1) is 10.6 Å². The van der Waals surface area contributed by atoms with Gasteiger partial charge in [-0.1, -0.05) is 54.5 Å². The number of para-hydroxylation sites is 1. The number of anilines is 1. The number of aryl methyl sites for hydroxylation is 1. The molecule has 0 saturated heterocycles. The Morgan fingerprint density at radius 2 is 1.88 bits per heavy atom. The first-order valence-electron chi connectivity index (χ1n) is 11.1. The van der Waals surface area contributed by atoms with Crippen LogP contribution in [0.4, 0.5) is 5.69 Å². The molecule has 7 heteroatoms. The molecule has 0 bridgehead atoms. The van der Waals surface area contributed by atoms with Crippen LogP contribution >= 0.6 is 0 Å². The highest BCUT2D eigenvalue weighted by molar-refractivity contribution is 7.92. The van der Waals surface area contributed by atoms with Gasteiger partial charge in [0.1, 0.15) is 6.29 Å². The summed E-state index contributed by atoms with van der Waals surface area (Å²) in [6, 6.07) is 13.9. The van der Waals surface area contributed by atoms with Crippen molar-refractivity contribution in [3.05, 3.63) is 83.6 Å². The van der Waals surface area contributed by atoms with Gasteiger partial charge in [-0.3, -0.25) is 14.3 Å². The lowest BCUT2D eigenvalue weighted by molar-refractivity contribution is -0.129. The molecule has 0 aliphatic carbocycles. The molecule has 0 spiro atoms. The Kier molecular flexibility index (Phi) is 8.22. The van der Waals surface area contributed by atoms with Crippen molar-refractivity contribution < 1.29 is 18.0 Å². The van der Waals surface area contributed by atoms with Crippen molar-refractivity contribution in [2.24, 2.45) is 0 Å². The molecule has 1 N–H and O–H groups in total. The normalized spacial score (nSPS) is 16.7. The van der Waals surface area contributed by atoms with E-state index in [4.69, 9.17) is 0 Å². The molecule has 174 valence electrons. The molecule has 3 rings (SSSR count). The predicted molar refractivity (Wildman–Crippen MR) is 130 cm³/mol. The lowest BCUT2D eigenvalue weighted by Gasteiger charge is -2.27. The smallest absolute Gasteiger partial charge is 0.261 e. The minimum atomic E-state index is -3.74. The molecule has 2 aromatic rings. The first-order valence-corrected chi connectivity index (χ1v) is 12.6. The van der Waals surface area contributed by atoms with Gasteiger partial charge in [0, 0.05) is 25.1 Å². The van der Waals surface area contributed by atoms with Gasteiger partial charge in [0.2, 0.25) is 5.91 Å². The van der Waals surface area contributed by atoms with Crippen LogP contribution in [0, 0.1) is 6.92 Å². The third-order valence-electron chi connectivity index (χ3n) is 5.80. The summed E-state index contributed by atoms with van der Waals surface area (Å²) in [5, 5.41) is 0. The largest absolute Gasteiger partial charge is 0.319 e. The van der Waals surface area contributed by atoms with Crippen molar-refractivity contribution in [1.82, 2.24) is 4.90 Å². The number of benzene rings is 2. The van der Waals surface area contributed by atoms with Gasteiger partial charge in [0.25, 0.3) is 10.0 Å². The predicted octanol–water partition coefficient (Wildman–Crippen LogP) is 4.94. The molecular weight excluding hydrogens is 436 g/mol. The van der Waals surface area contributed by atoms with Crippen molar-refractivity contribution in [1.29, 1.82) is 0 Å². The Balaban J connectivity index is 1.72. The molecule has 0 fully saturated rings. The van der Waals surface area contributed by atoms with Crippen LogP contribution in [0.25, 0.3) is 0 Å². The van der Waals surface area contributed by atoms with E-state index in [9.17, 15) is 18.0 Å². The van der Waals surface area contributed by atoms with Crippen LogP contribution in [0.3, 0.4) is 0 Å². The summed E-state index contributed by atoms with van der Waals surface area (Å²) in [6.07, 6.45) is 8.78. The van der Waals surface area contributed by atoms with E-state index in [2.05, 4.69) is 4.72 Å². The zero-order chi connectivity index (χ0) is 23.8. The molecule has 0 saturated carbocycles. The van der Waals surface area contributed by atoms with Gasteiger partial charge >= 0.3 is 0 Å². The second-order valence-corrected chi connectivity index (χ2v) is 9.85. The standard InChI is InChI=1S/C26H30N2O4S/c1-3-21(15-18-29)7-6-16-28-17-14-22(19-26(28)30)24-8-4-5-9-25(24)27-33(31,32)23-12-10-20(2)11-13-23/h4-5,8-15,17-18,22,27H,3,6-7,16,19H2,1-2H3/b21-15+/t22-/m1/s1. The quantitative estimate of drug-likeness (QED) is 0.397. The van der Waals surface area contributed by atoms with Gasteiger partial charge in [-0.05, 0) is 56.0 Å². The van der Waals surface area contributed by atoms with E-state index in [1.807, 2.05) is 32.1 Å². The summed E-state index contributed by atoms with van der Waals surface area (Å²) < 4.78 is 28.4. The minimum Gasteiger partial charge on any atom is -0.319 e. The molecule has 0 radical (unpaired) electrons. The molecule has 6 nitrogen and oxygen atoms in total. The van der Waals surface area contributed by atoms with E-state index in [0.717, 1.165) is 42.2 Å². The summed E-state index contributed by atoms with van der Waals surface area (Å²) in [5.41, 5.74) is 3.29. The van der Waals surface area contributed by atoms with Crippen molar-refractivity contribution >= 4 is 27.9 Å². The molecule has 1 aliphatic rings. The fourth-order valence-electron chi connectivity index (χ4n) is 3.86. The Labute approximate surface area is 196 Å². The zero-order valence-corrected chi connectivity index (χ0v) is 19.8. The summed E-state index contributed by atoms with van der Waals surface area (Å²) in [4.78, 5) is 25.3. The summed E-state index contributed by atoms with van der Waals surface area (Å²) in [7, 11) is -3.74. The average molecular weight is 467 g/mol. The Bertz CT molecular complexity index is 1150. The van der Waals surface area contributed by atoms with E-state index < -0.39 is 10.0 Å². The number of rotatable bonds is 10. The third kappa shape index (κ3) is 6.42. The van der Waals surface area contributed by atoms with Crippen molar-refractivity contribution in [2.75, 3.05) is 11.3 Å². The first-order chi connectivity index (χ1) is 15.8. The molecule has 1 amide bonds. The number of carbonyl (C=O) groups excluding carboxylic acids is 2. The van der Waals surface area contributed by atoms with Crippen LogP contribution in [0.5, 0.6) is 0 Å². The van der Waals surface area contributed by atoms with Crippen molar-refractivity contribution in [3.63, 3.8) is 0 Å². The van der Waals surface area contributed by atoms with Crippen LogP contribution in [-0.4, -0.2) is 32.1 Å². The van der Waals surface area contributed by atoms with Crippen LogP contribution in [0.15, 0.2) is 77.4 Å². The molecule has 1 heterocycles. The minimum absolute atomic E-state index is 0.00360. The number of sulfonamides is 1. The molecule has 0 aromatic heterocycles. The maximum Gasteiger partial charge on any atom is 0.261 e. The van der Waals surface area contributed by atoms with Gasteiger partial charge < -0.3 is 4.90 Å². The highest BCUT2D eigenvalue weighted by atomic mass is 32.2. The number of nitrogens with one attached hydrogen (secondary N) is 1. The van der Waals surface area contributed by atoms with Crippen molar-refractivity contribution in [2.45, 2.75) is 50.3 Å². The molecule has 33 heavy (non-hydrogen) atoms. The third-order valence-corrected chi connectivity index (χ3v) is 7.19. The summed E-state index contributed by atoms with van der Waals surface area (Å²) >= 11 is 0. The number of allylic oxidation sites excluding steroid dienone is 3.